The average molecular weight is 272 g/mol. The van der Waals surface area contributed by atoms with Crippen molar-refractivity contribution in [2.45, 2.75) is 26.9 Å². The molecule has 2 rings (SSSR count). The Labute approximate surface area is 119 Å². The van der Waals surface area contributed by atoms with Crippen LogP contribution in [0, 0.1) is 13.8 Å². The molecule has 0 amide bonds. The summed E-state index contributed by atoms with van der Waals surface area (Å²) in [7, 11) is 1.58. The quantitative estimate of drug-likeness (QED) is 0.908. The molecule has 0 unspecified atom stereocenters. The fourth-order valence-electron chi connectivity index (χ4n) is 2.11. The van der Waals surface area contributed by atoms with Crippen LogP contribution < -0.4 is 9.47 Å². The third-order valence-electron chi connectivity index (χ3n) is 3.37. The predicted molar refractivity (Wildman–Crippen MR) is 79.6 cm³/mol. The molecule has 2 aromatic rings. The van der Waals surface area contributed by atoms with Crippen LogP contribution >= 0.6 is 0 Å². The summed E-state index contributed by atoms with van der Waals surface area (Å²) in [5.74, 6) is 1.99. The number of hydrogen-bond acceptors (Lipinski definition) is 3. The third-order valence-corrected chi connectivity index (χ3v) is 3.37. The SMILES string of the molecule is COc1cccc(Oc2ccc(C)c(C)c2)c1[C@H](C)O. The van der Waals surface area contributed by atoms with Gasteiger partial charge in [-0.1, -0.05) is 12.1 Å². The first-order chi connectivity index (χ1) is 9.52. The highest BCUT2D eigenvalue weighted by atomic mass is 16.5. The maximum absolute atomic E-state index is 9.93. The zero-order valence-electron chi connectivity index (χ0n) is 12.3. The molecule has 0 saturated heterocycles. The summed E-state index contributed by atoms with van der Waals surface area (Å²) >= 11 is 0. The second-order valence-corrected chi connectivity index (χ2v) is 4.90. The van der Waals surface area contributed by atoms with Crippen molar-refractivity contribution in [2.75, 3.05) is 7.11 Å². The van der Waals surface area contributed by atoms with E-state index in [2.05, 4.69) is 6.92 Å². The lowest BCUT2D eigenvalue weighted by Crippen LogP contribution is -2.00. The van der Waals surface area contributed by atoms with E-state index in [4.69, 9.17) is 9.47 Å². The molecule has 0 bridgehead atoms. The van der Waals surface area contributed by atoms with Crippen molar-refractivity contribution in [3.8, 4) is 17.2 Å². The van der Waals surface area contributed by atoms with Crippen molar-refractivity contribution >= 4 is 0 Å². The number of aliphatic hydroxyl groups excluding tert-OH is 1. The molecule has 20 heavy (non-hydrogen) atoms. The minimum atomic E-state index is -0.660. The number of aliphatic hydroxyl groups is 1. The van der Waals surface area contributed by atoms with E-state index in [1.54, 1.807) is 14.0 Å². The van der Waals surface area contributed by atoms with Crippen molar-refractivity contribution in [1.29, 1.82) is 0 Å². The van der Waals surface area contributed by atoms with Crippen molar-refractivity contribution in [3.05, 3.63) is 53.1 Å². The van der Waals surface area contributed by atoms with Crippen LogP contribution in [-0.4, -0.2) is 12.2 Å². The van der Waals surface area contributed by atoms with Gasteiger partial charge in [-0.3, -0.25) is 0 Å². The van der Waals surface area contributed by atoms with Crippen LogP contribution in [0.5, 0.6) is 17.2 Å². The van der Waals surface area contributed by atoms with Gasteiger partial charge >= 0.3 is 0 Å². The molecule has 0 radical (unpaired) electrons. The normalized spacial score (nSPS) is 12.1. The summed E-state index contributed by atoms with van der Waals surface area (Å²) in [4.78, 5) is 0. The van der Waals surface area contributed by atoms with E-state index in [1.807, 2.05) is 43.3 Å². The number of rotatable bonds is 4. The van der Waals surface area contributed by atoms with E-state index < -0.39 is 6.10 Å². The summed E-state index contributed by atoms with van der Waals surface area (Å²) in [5.41, 5.74) is 3.05. The van der Waals surface area contributed by atoms with Gasteiger partial charge in [0.1, 0.15) is 17.2 Å². The molecule has 0 aliphatic carbocycles. The standard InChI is InChI=1S/C17H20O3/c1-11-8-9-14(10-12(11)2)20-16-7-5-6-15(19-4)17(16)13(3)18/h5-10,13,18H,1-4H3/t13-/m0/s1. The predicted octanol–water partition coefficient (Wildman–Crippen LogP) is 4.16. The fourth-order valence-corrected chi connectivity index (χ4v) is 2.11. The van der Waals surface area contributed by atoms with E-state index in [-0.39, 0.29) is 0 Å². The monoisotopic (exact) mass is 272 g/mol. The number of methoxy groups -OCH3 is 1. The molecule has 0 fully saturated rings. The van der Waals surface area contributed by atoms with Crippen molar-refractivity contribution in [2.24, 2.45) is 0 Å². The van der Waals surface area contributed by atoms with Gasteiger partial charge in [-0.15, -0.1) is 0 Å². The molecule has 3 nitrogen and oxygen atoms in total. The Morgan fingerprint density at radius 1 is 1.00 bits per heavy atom. The van der Waals surface area contributed by atoms with Gasteiger partial charge in [-0.25, -0.2) is 0 Å². The third kappa shape index (κ3) is 2.94. The average Bonchev–Trinajstić information content (AvgIpc) is 2.42. The summed E-state index contributed by atoms with van der Waals surface area (Å²) in [6.45, 7) is 5.81. The largest absolute Gasteiger partial charge is 0.496 e. The first-order valence-corrected chi connectivity index (χ1v) is 6.63. The highest BCUT2D eigenvalue weighted by Crippen LogP contribution is 2.36. The topological polar surface area (TPSA) is 38.7 Å². The van der Waals surface area contributed by atoms with Crippen molar-refractivity contribution in [1.82, 2.24) is 0 Å². The van der Waals surface area contributed by atoms with Crippen LogP contribution in [-0.2, 0) is 0 Å². The van der Waals surface area contributed by atoms with E-state index in [0.29, 0.717) is 17.1 Å². The molecule has 0 spiro atoms. The van der Waals surface area contributed by atoms with Gasteiger partial charge in [0, 0.05) is 0 Å². The minimum absolute atomic E-state index is 0.614. The molecular weight excluding hydrogens is 252 g/mol. The van der Waals surface area contributed by atoms with Gasteiger partial charge in [0.25, 0.3) is 0 Å². The highest BCUT2D eigenvalue weighted by molar-refractivity contribution is 5.48. The zero-order valence-corrected chi connectivity index (χ0v) is 12.3. The first kappa shape index (κ1) is 14.4. The zero-order chi connectivity index (χ0) is 14.7. The van der Waals surface area contributed by atoms with Gasteiger partial charge in [0.15, 0.2) is 0 Å². The van der Waals surface area contributed by atoms with Crippen LogP contribution in [0.4, 0.5) is 0 Å². The van der Waals surface area contributed by atoms with Crippen LogP contribution in [0.3, 0.4) is 0 Å². The Morgan fingerprint density at radius 2 is 1.70 bits per heavy atom. The molecule has 3 heteroatoms. The van der Waals surface area contributed by atoms with E-state index >= 15 is 0 Å². The lowest BCUT2D eigenvalue weighted by molar-refractivity contribution is 0.190. The second kappa shape index (κ2) is 5.97. The van der Waals surface area contributed by atoms with Crippen LogP contribution in [0.1, 0.15) is 29.7 Å². The Morgan fingerprint density at radius 3 is 2.30 bits per heavy atom. The maximum atomic E-state index is 9.93. The molecule has 1 N–H and O–H groups in total. The maximum Gasteiger partial charge on any atom is 0.136 e. The Bertz CT molecular complexity index is 603. The first-order valence-electron chi connectivity index (χ1n) is 6.63. The van der Waals surface area contributed by atoms with E-state index in [9.17, 15) is 5.11 Å². The second-order valence-electron chi connectivity index (χ2n) is 4.90. The van der Waals surface area contributed by atoms with Crippen molar-refractivity contribution in [3.63, 3.8) is 0 Å². The number of benzene rings is 2. The van der Waals surface area contributed by atoms with Crippen LogP contribution in [0.15, 0.2) is 36.4 Å². The van der Waals surface area contributed by atoms with Gasteiger partial charge < -0.3 is 14.6 Å². The molecule has 1 atom stereocenters. The van der Waals surface area contributed by atoms with Gasteiger partial charge in [0.05, 0.1) is 18.8 Å². The summed E-state index contributed by atoms with van der Waals surface area (Å²) in [5, 5.41) is 9.93. The lowest BCUT2D eigenvalue weighted by Gasteiger charge is -2.17. The molecule has 2 aromatic carbocycles. The van der Waals surface area contributed by atoms with Gasteiger partial charge in [-0.2, -0.15) is 0 Å². The van der Waals surface area contributed by atoms with Gasteiger partial charge in [-0.05, 0) is 56.2 Å². The Balaban J connectivity index is 2.40. The molecule has 0 saturated carbocycles. The lowest BCUT2D eigenvalue weighted by atomic mass is 10.1. The molecular formula is C17H20O3. The number of aryl methyl sites for hydroxylation is 2. The van der Waals surface area contributed by atoms with E-state index in [0.717, 1.165) is 5.75 Å². The Kier molecular flexibility index (Phi) is 4.30. The molecule has 0 aliphatic rings. The van der Waals surface area contributed by atoms with Crippen LogP contribution in [0.25, 0.3) is 0 Å². The molecule has 106 valence electrons. The number of ether oxygens (including phenoxy) is 2. The smallest absolute Gasteiger partial charge is 0.136 e. The summed E-state index contributed by atoms with van der Waals surface area (Å²) < 4.78 is 11.2. The molecule has 0 aromatic heterocycles. The van der Waals surface area contributed by atoms with Crippen LogP contribution in [0.2, 0.25) is 0 Å². The highest BCUT2D eigenvalue weighted by Gasteiger charge is 2.16. The van der Waals surface area contributed by atoms with E-state index in [1.165, 1.54) is 11.1 Å². The van der Waals surface area contributed by atoms with Crippen molar-refractivity contribution < 1.29 is 14.6 Å². The fraction of sp³-hybridized carbons (Fsp3) is 0.294. The summed E-state index contributed by atoms with van der Waals surface area (Å²) in [6, 6.07) is 11.4. The number of hydrogen-bond donors (Lipinski definition) is 1. The summed E-state index contributed by atoms with van der Waals surface area (Å²) in [6.07, 6.45) is -0.660. The minimum Gasteiger partial charge on any atom is -0.496 e. The molecule has 0 heterocycles. The van der Waals surface area contributed by atoms with Gasteiger partial charge in [0.2, 0.25) is 0 Å². The Hall–Kier alpha value is -2.00. The molecule has 0 aliphatic heterocycles.